The Bertz CT molecular complexity index is 534. The molecular formula is C13H18N2O3S. The van der Waals surface area contributed by atoms with Gasteiger partial charge in [-0.3, -0.25) is 9.78 Å². The second kappa shape index (κ2) is 5.69. The number of aromatic nitrogens is 1. The van der Waals surface area contributed by atoms with E-state index in [1.54, 1.807) is 11.0 Å². The summed E-state index contributed by atoms with van der Waals surface area (Å²) in [5, 5.41) is 0. The summed E-state index contributed by atoms with van der Waals surface area (Å²) in [6.45, 7) is 3.46. The number of amides is 1. The molecule has 1 aliphatic rings. The molecule has 0 aromatic carbocycles. The van der Waals surface area contributed by atoms with Crippen molar-refractivity contribution < 1.29 is 13.2 Å². The van der Waals surface area contributed by atoms with Crippen molar-refractivity contribution in [3.8, 4) is 0 Å². The number of hydrogen-bond acceptors (Lipinski definition) is 4. The van der Waals surface area contributed by atoms with Crippen LogP contribution in [0.1, 0.15) is 19.8 Å². The number of carbonyl (C=O) groups is 1. The first-order valence-corrected chi connectivity index (χ1v) is 8.05. The molecule has 1 amide bonds. The van der Waals surface area contributed by atoms with Gasteiger partial charge < -0.3 is 4.90 Å². The lowest BCUT2D eigenvalue weighted by Crippen LogP contribution is -2.41. The lowest BCUT2D eigenvalue weighted by atomic mass is 9.99. The number of nitrogens with zero attached hydrogens (tertiary/aromatic N) is 2. The van der Waals surface area contributed by atoms with Gasteiger partial charge >= 0.3 is 0 Å². The molecule has 19 heavy (non-hydrogen) atoms. The van der Waals surface area contributed by atoms with Gasteiger partial charge in [-0.15, -0.1) is 0 Å². The SMILES string of the molecule is CC1CCN(C(=O)CS(=O)(=O)c2cccnc2)CC1. The maximum absolute atomic E-state index is 12.1. The van der Waals surface area contributed by atoms with Crippen molar-refractivity contribution in [2.75, 3.05) is 18.8 Å². The van der Waals surface area contributed by atoms with E-state index in [4.69, 9.17) is 0 Å². The summed E-state index contributed by atoms with van der Waals surface area (Å²) < 4.78 is 24.1. The maximum Gasteiger partial charge on any atom is 0.238 e. The molecule has 1 aliphatic heterocycles. The van der Waals surface area contributed by atoms with Crippen molar-refractivity contribution in [3.63, 3.8) is 0 Å². The molecule has 1 aromatic rings. The van der Waals surface area contributed by atoms with Crippen LogP contribution < -0.4 is 0 Å². The summed E-state index contributed by atoms with van der Waals surface area (Å²) in [7, 11) is -3.58. The van der Waals surface area contributed by atoms with Gasteiger partial charge in [-0.25, -0.2) is 8.42 Å². The molecule has 0 saturated carbocycles. The Morgan fingerprint density at radius 2 is 2.11 bits per heavy atom. The number of pyridine rings is 1. The van der Waals surface area contributed by atoms with E-state index in [0.29, 0.717) is 19.0 Å². The van der Waals surface area contributed by atoms with E-state index in [-0.39, 0.29) is 10.8 Å². The zero-order valence-electron chi connectivity index (χ0n) is 10.9. The predicted octanol–water partition coefficient (Wildman–Crippen LogP) is 1.11. The third-order valence-corrected chi connectivity index (χ3v) is 5.03. The highest BCUT2D eigenvalue weighted by Gasteiger charge is 2.26. The molecule has 0 N–H and O–H groups in total. The molecule has 1 aromatic heterocycles. The second-order valence-electron chi connectivity index (χ2n) is 5.01. The molecule has 0 unspecified atom stereocenters. The molecule has 1 saturated heterocycles. The van der Waals surface area contributed by atoms with Gasteiger partial charge in [-0.05, 0) is 30.9 Å². The number of hydrogen-bond donors (Lipinski definition) is 0. The monoisotopic (exact) mass is 282 g/mol. The molecule has 2 rings (SSSR count). The van der Waals surface area contributed by atoms with E-state index in [1.165, 1.54) is 18.5 Å². The molecule has 6 heteroatoms. The van der Waals surface area contributed by atoms with Crippen LogP contribution in [0.2, 0.25) is 0 Å². The highest BCUT2D eigenvalue weighted by Crippen LogP contribution is 2.17. The summed E-state index contributed by atoms with van der Waals surface area (Å²) in [6.07, 6.45) is 4.67. The highest BCUT2D eigenvalue weighted by atomic mass is 32.2. The molecule has 5 nitrogen and oxygen atoms in total. The summed E-state index contributed by atoms with van der Waals surface area (Å²) >= 11 is 0. The molecule has 0 radical (unpaired) electrons. The molecule has 0 spiro atoms. The van der Waals surface area contributed by atoms with E-state index in [0.717, 1.165) is 12.8 Å². The molecule has 0 aliphatic carbocycles. The number of likely N-dealkylation sites (tertiary alicyclic amines) is 1. The van der Waals surface area contributed by atoms with Gasteiger partial charge in [0.15, 0.2) is 9.84 Å². The largest absolute Gasteiger partial charge is 0.342 e. The summed E-state index contributed by atoms with van der Waals surface area (Å²) in [5.74, 6) is -0.165. The van der Waals surface area contributed by atoms with Crippen molar-refractivity contribution >= 4 is 15.7 Å². The zero-order valence-corrected chi connectivity index (χ0v) is 11.8. The fourth-order valence-corrected chi connectivity index (χ4v) is 3.31. The Labute approximate surface area is 113 Å². The van der Waals surface area contributed by atoms with Gasteiger partial charge in [-0.1, -0.05) is 6.92 Å². The van der Waals surface area contributed by atoms with Crippen LogP contribution in [0.4, 0.5) is 0 Å². The minimum Gasteiger partial charge on any atom is -0.342 e. The van der Waals surface area contributed by atoms with Crippen LogP contribution in [0.25, 0.3) is 0 Å². The molecule has 2 heterocycles. The molecule has 0 atom stereocenters. The lowest BCUT2D eigenvalue weighted by molar-refractivity contribution is -0.129. The third kappa shape index (κ3) is 3.53. The maximum atomic E-state index is 12.1. The standard InChI is InChI=1S/C13H18N2O3S/c1-11-4-7-15(8-5-11)13(16)10-19(17,18)12-3-2-6-14-9-12/h2-3,6,9,11H,4-5,7-8,10H2,1H3. The first-order valence-electron chi connectivity index (χ1n) is 6.39. The Balaban J connectivity index is 2.03. The van der Waals surface area contributed by atoms with Crippen LogP contribution in [0.3, 0.4) is 0 Å². The van der Waals surface area contributed by atoms with Crippen LogP contribution in [0.15, 0.2) is 29.4 Å². The summed E-state index contributed by atoms with van der Waals surface area (Å²) in [4.78, 5) is 17.5. The van der Waals surface area contributed by atoms with Crippen molar-refractivity contribution in [1.29, 1.82) is 0 Å². The van der Waals surface area contributed by atoms with Crippen molar-refractivity contribution in [2.45, 2.75) is 24.7 Å². The third-order valence-electron chi connectivity index (χ3n) is 3.44. The Kier molecular flexibility index (Phi) is 4.19. The molecular weight excluding hydrogens is 264 g/mol. The van der Waals surface area contributed by atoms with Crippen molar-refractivity contribution in [1.82, 2.24) is 9.88 Å². The lowest BCUT2D eigenvalue weighted by Gasteiger charge is -2.30. The quantitative estimate of drug-likeness (QED) is 0.833. The minimum atomic E-state index is -3.58. The highest BCUT2D eigenvalue weighted by molar-refractivity contribution is 7.92. The fourth-order valence-electron chi connectivity index (χ4n) is 2.13. The molecule has 0 bridgehead atoms. The summed E-state index contributed by atoms with van der Waals surface area (Å²) in [6, 6.07) is 3.02. The smallest absolute Gasteiger partial charge is 0.238 e. The fraction of sp³-hybridized carbons (Fsp3) is 0.538. The van der Waals surface area contributed by atoms with Gasteiger partial charge in [0.05, 0.1) is 4.90 Å². The normalized spacial score (nSPS) is 17.4. The predicted molar refractivity (Wildman–Crippen MR) is 71.3 cm³/mol. The van der Waals surface area contributed by atoms with Gasteiger partial charge in [0, 0.05) is 25.5 Å². The Morgan fingerprint density at radius 3 is 2.68 bits per heavy atom. The second-order valence-corrected chi connectivity index (χ2v) is 7.00. The van der Waals surface area contributed by atoms with Gasteiger partial charge in [0.1, 0.15) is 5.75 Å². The van der Waals surface area contributed by atoms with Crippen molar-refractivity contribution in [3.05, 3.63) is 24.5 Å². The number of carbonyl (C=O) groups excluding carboxylic acids is 1. The van der Waals surface area contributed by atoms with Crippen LogP contribution in [-0.2, 0) is 14.6 Å². The van der Waals surface area contributed by atoms with E-state index in [9.17, 15) is 13.2 Å². The first-order chi connectivity index (χ1) is 8.99. The van der Waals surface area contributed by atoms with Crippen LogP contribution in [0.5, 0.6) is 0 Å². The van der Waals surface area contributed by atoms with Gasteiger partial charge in [0.2, 0.25) is 5.91 Å². The van der Waals surface area contributed by atoms with E-state index < -0.39 is 15.6 Å². The van der Waals surface area contributed by atoms with Crippen LogP contribution in [0, 0.1) is 5.92 Å². The van der Waals surface area contributed by atoms with Gasteiger partial charge in [-0.2, -0.15) is 0 Å². The molecule has 1 fully saturated rings. The topological polar surface area (TPSA) is 67.3 Å². The van der Waals surface area contributed by atoms with Crippen molar-refractivity contribution in [2.24, 2.45) is 5.92 Å². The number of rotatable bonds is 3. The number of sulfone groups is 1. The number of piperidine rings is 1. The average Bonchev–Trinajstić information content (AvgIpc) is 2.40. The first kappa shape index (κ1) is 14.0. The Hall–Kier alpha value is -1.43. The molecule has 104 valence electrons. The zero-order chi connectivity index (χ0) is 13.9. The summed E-state index contributed by atoms with van der Waals surface area (Å²) in [5.41, 5.74) is 0. The van der Waals surface area contributed by atoms with E-state index in [1.807, 2.05) is 0 Å². The van der Waals surface area contributed by atoms with E-state index >= 15 is 0 Å². The van der Waals surface area contributed by atoms with Crippen LogP contribution >= 0.6 is 0 Å². The average molecular weight is 282 g/mol. The van der Waals surface area contributed by atoms with Gasteiger partial charge in [0.25, 0.3) is 0 Å². The minimum absolute atomic E-state index is 0.105. The van der Waals surface area contributed by atoms with Crippen LogP contribution in [-0.4, -0.2) is 43.1 Å². The van der Waals surface area contributed by atoms with E-state index in [2.05, 4.69) is 11.9 Å². The Morgan fingerprint density at radius 1 is 1.42 bits per heavy atom.